The van der Waals surface area contributed by atoms with Crippen molar-refractivity contribution in [2.24, 2.45) is 0 Å². The minimum absolute atomic E-state index is 0.112. The molecular formula is C30H24N2OS. The molecular weight excluding hydrogens is 436 g/mol. The van der Waals surface area contributed by atoms with Crippen molar-refractivity contribution in [3.63, 3.8) is 0 Å². The van der Waals surface area contributed by atoms with Crippen LogP contribution in [-0.4, -0.2) is 10.2 Å². The maximum absolute atomic E-state index is 6.02. The van der Waals surface area contributed by atoms with Gasteiger partial charge in [0.15, 0.2) is 0 Å². The summed E-state index contributed by atoms with van der Waals surface area (Å²) >= 11 is 1.85. The standard InChI is InChI=1S/C30H24N2OS/c1-30(2,3)22-17-15-21(16-18-22)29-32-31-28(33-29)20-13-11-19(12-14-20)23-8-6-9-25-24-7-4-5-10-26(24)34-27(23)25/h4-18H,1-3H3. The number of benzene rings is 4. The van der Waals surface area contributed by atoms with Gasteiger partial charge in [-0.25, -0.2) is 0 Å². The fourth-order valence-corrected chi connectivity index (χ4v) is 5.57. The van der Waals surface area contributed by atoms with E-state index in [4.69, 9.17) is 4.42 Å². The smallest absolute Gasteiger partial charge is 0.248 e. The topological polar surface area (TPSA) is 38.9 Å². The van der Waals surface area contributed by atoms with Crippen LogP contribution < -0.4 is 0 Å². The van der Waals surface area contributed by atoms with Crippen LogP contribution in [0.2, 0.25) is 0 Å². The van der Waals surface area contributed by atoms with E-state index in [-0.39, 0.29) is 5.41 Å². The van der Waals surface area contributed by atoms with Crippen molar-refractivity contribution in [2.75, 3.05) is 0 Å². The lowest BCUT2D eigenvalue weighted by molar-refractivity contribution is 0.582. The molecule has 0 N–H and O–H groups in total. The molecule has 0 fully saturated rings. The van der Waals surface area contributed by atoms with Crippen molar-refractivity contribution < 1.29 is 4.42 Å². The molecule has 0 atom stereocenters. The van der Waals surface area contributed by atoms with E-state index in [1.807, 2.05) is 23.5 Å². The van der Waals surface area contributed by atoms with Gasteiger partial charge in [0.2, 0.25) is 11.8 Å². The van der Waals surface area contributed by atoms with E-state index in [0.717, 1.165) is 11.1 Å². The quantitative estimate of drug-likeness (QED) is 0.265. The van der Waals surface area contributed by atoms with E-state index in [0.29, 0.717) is 11.8 Å². The second kappa shape index (κ2) is 7.93. The Balaban J connectivity index is 1.31. The third-order valence-corrected chi connectivity index (χ3v) is 7.49. The molecule has 0 saturated carbocycles. The molecule has 4 aromatic carbocycles. The molecule has 3 nitrogen and oxygen atoms in total. The van der Waals surface area contributed by atoms with Crippen LogP contribution in [0.25, 0.3) is 54.2 Å². The Kier molecular flexibility index (Phi) is 4.85. The first-order valence-electron chi connectivity index (χ1n) is 11.4. The summed E-state index contributed by atoms with van der Waals surface area (Å²) in [6.45, 7) is 6.62. The summed E-state index contributed by atoms with van der Waals surface area (Å²) in [5, 5.41) is 11.2. The van der Waals surface area contributed by atoms with E-state index in [2.05, 4.69) is 110 Å². The fraction of sp³-hybridized carbons (Fsp3) is 0.133. The van der Waals surface area contributed by atoms with Gasteiger partial charge in [-0.1, -0.05) is 81.4 Å². The average molecular weight is 461 g/mol. The van der Waals surface area contributed by atoms with Crippen molar-refractivity contribution in [1.82, 2.24) is 10.2 Å². The number of rotatable bonds is 3. The summed E-state index contributed by atoms with van der Waals surface area (Å²) in [7, 11) is 0. The summed E-state index contributed by atoms with van der Waals surface area (Å²) in [5.74, 6) is 1.07. The number of thiophene rings is 1. The fourth-order valence-electron chi connectivity index (χ4n) is 4.34. The molecule has 166 valence electrons. The van der Waals surface area contributed by atoms with Crippen LogP contribution in [-0.2, 0) is 5.41 Å². The predicted molar refractivity (Wildman–Crippen MR) is 142 cm³/mol. The van der Waals surface area contributed by atoms with Gasteiger partial charge in [-0.2, -0.15) is 0 Å². The summed E-state index contributed by atoms with van der Waals surface area (Å²) in [5.41, 5.74) is 5.66. The normalized spacial score (nSPS) is 12.0. The van der Waals surface area contributed by atoms with Crippen LogP contribution >= 0.6 is 11.3 Å². The SMILES string of the molecule is CC(C)(C)c1ccc(-c2nnc(-c3ccc(-c4cccc5c4sc4ccccc45)cc3)o2)cc1. The zero-order chi connectivity index (χ0) is 23.3. The predicted octanol–water partition coefficient (Wildman–Crippen LogP) is 8.74. The highest BCUT2D eigenvalue weighted by Gasteiger charge is 2.16. The van der Waals surface area contributed by atoms with Crippen LogP contribution in [0.3, 0.4) is 0 Å². The van der Waals surface area contributed by atoms with Crippen molar-refractivity contribution in [2.45, 2.75) is 26.2 Å². The molecule has 0 radical (unpaired) electrons. The Bertz CT molecular complexity index is 1620. The highest BCUT2D eigenvalue weighted by molar-refractivity contribution is 7.26. The summed E-state index contributed by atoms with van der Waals surface area (Å²) < 4.78 is 8.65. The van der Waals surface area contributed by atoms with Gasteiger partial charge in [-0.15, -0.1) is 21.5 Å². The van der Waals surface area contributed by atoms with Gasteiger partial charge in [0.05, 0.1) is 0 Å². The first-order chi connectivity index (χ1) is 16.5. The zero-order valence-corrected chi connectivity index (χ0v) is 20.2. The lowest BCUT2D eigenvalue weighted by Crippen LogP contribution is -2.10. The van der Waals surface area contributed by atoms with Gasteiger partial charge in [0.1, 0.15) is 0 Å². The molecule has 0 unspecified atom stereocenters. The molecule has 0 spiro atoms. The van der Waals surface area contributed by atoms with E-state index >= 15 is 0 Å². The largest absolute Gasteiger partial charge is 0.416 e. The van der Waals surface area contributed by atoms with E-state index in [1.165, 1.54) is 36.9 Å². The Morgan fingerprint density at radius 2 is 1.21 bits per heavy atom. The van der Waals surface area contributed by atoms with E-state index < -0.39 is 0 Å². The van der Waals surface area contributed by atoms with Gasteiger partial charge in [-0.3, -0.25) is 0 Å². The molecule has 6 rings (SSSR count). The molecule has 0 aliphatic rings. The van der Waals surface area contributed by atoms with Crippen LogP contribution in [0.1, 0.15) is 26.3 Å². The van der Waals surface area contributed by atoms with Gasteiger partial charge in [0, 0.05) is 31.3 Å². The number of hydrogen-bond donors (Lipinski definition) is 0. The maximum Gasteiger partial charge on any atom is 0.248 e. The highest BCUT2D eigenvalue weighted by Crippen LogP contribution is 2.40. The second-order valence-electron chi connectivity index (χ2n) is 9.60. The Labute approximate surface area is 202 Å². The van der Waals surface area contributed by atoms with E-state index in [9.17, 15) is 0 Å². The summed E-state index contributed by atoms with van der Waals surface area (Å²) in [4.78, 5) is 0. The average Bonchev–Trinajstić information content (AvgIpc) is 3.49. The minimum atomic E-state index is 0.112. The van der Waals surface area contributed by atoms with Crippen molar-refractivity contribution in [3.05, 3.63) is 96.6 Å². The Morgan fingerprint density at radius 3 is 1.88 bits per heavy atom. The molecule has 6 aromatic rings. The molecule has 2 heterocycles. The monoisotopic (exact) mass is 460 g/mol. The van der Waals surface area contributed by atoms with Gasteiger partial charge < -0.3 is 4.42 Å². The van der Waals surface area contributed by atoms with Crippen LogP contribution in [0, 0.1) is 0 Å². The van der Waals surface area contributed by atoms with Crippen molar-refractivity contribution in [1.29, 1.82) is 0 Å². The maximum atomic E-state index is 6.02. The third kappa shape index (κ3) is 3.61. The lowest BCUT2D eigenvalue weighted by atomic mass is 9.87. The number of aromatic nitrogens is 2. The molecule has 0 bridgehead atoms. The number of nitrogens with zero attached hydrogens (tertiary/aromatic N) is 2. The van der Waals surface area contributed by atoms with Crippen LogP contribution in [0.15, 0.2) is 95.4 Å². The molecule has 0 aliphatic heterocycles. The second-order valence-corrected chi connectivity index (χ2v) is 10.6. The van der Waals surface area contributed by atoms with Gasteiger partial charge in [-0.05, 0) is 52.4 Å². The molecule has 34 heavy (non-hydrogen) atoms. The molecule has 4 heteroatoms. The van der Waals surface area contributed by atoms with Crippen molar-refractivity contribution >= 4 is 31.5 Å². The first-order valence-corrected chi connectivity index (χ1v) is 12.2. The van der Waals surface area contributed by atoms with Gasteiger partial charge in [0.25, 0.3) is 0 Å². The van der Waals surface area contributed by atoms with Crippen LogP contribution in [0.5, 0.6) is 0 Å². The number of hydrogen-bond acceptors (Lipinski definition) is 4. The summed E-state index contributed by atoms with van der Waals surface area (Å²) in [6, 6.07) is 31.9. The number of fused-ring (bicyclic) bond motifs is 3. The van der Waals surface area contributed by atoms with E-state index in [1.54, 1.807) is 0 Å². The molecule has 0 aliphatic carbocycles. The van der Waals surface area contributed by atoms with Gasteiger partial charge >= 0.3 is 0 Å². The lowest BCUT2D eigenvalue weighted by Gasteiger charge is -2.18. The first kappa shape index (κ1) is 20.8. The highest BCUT2D eigenvalue weighted by atomic mass is 32.1. The summed E-state index contributed by atoms with van der Waals surface area (Å²) in [6.07, 6.45) is 0. The molecule has 0 saturated heterocycles. The Morgan fingerprint density at radius 1 is 0.618 bits per heavy atom. The Hall–Kier alpha value is -3.76. The minimum Gasteiger partial charge on any atom is -0.416 e. The zero-order valence-electron chi connectivity index (χ0n) is 19.4. The third-order valence-electron chi connectivity index (χ3n) is 6.27. The van der Waals surface area contributed by atoms with Crippen LogP contribution in [0.4, 0.5) is 0 Å². The molecule has 0 amide bonds. The van der Waals surface area contributed by atoms with Crippen molar-refractivity contribution in [3.8, 4) is 34.0 Å². The molecule has 2 aromatic heterocycles.